The lowest BCUT2D eigenvalue weighted by Crippen LogP contribution is -2.46. The van der Waals surface area contributed by atoms with Gasteiger partial charge in [0.15, 0.2) is 0 Å². The fourth-order valence-corrected chi connectivity index (χ4v) is 2.99. The zero-order valence-corrected chi connectivity index (χ0v) is 11.7. The zero-order valence-electron chi connectivity index (χ0n) is 11.7. The molecule has 0 radical (unpaired) electrons. The van der Waals surface area contributed by atoms with Gasteiger partial charge >= 0.3 is 0 Å². The standard InChI is InChI=1S/C15H21N3O2/c19-15(18-6-1-2-7-18)14(13-4-3-5-16-12-13)17-8-10-20-11-9-17/h3-5,12,14H,1-2,6-11H2/t14-/m0/s1. The summed E-state index contributed by atoms with van der Waals surface area (Å²) in [6, 6.07) is 3.70. The van der Waals surface area contributed by atoms with Crippen LogP contribution in [0.3, 0.4) is 0 Å². The first-order valence-electron chi connectivity index (χ1n) is 7.37. The van der Waals surface area contributed by atoms with Crippen LogP contribution in [0.5, 0.6) is 0 Å². The van der Waals surface area contributed by atoms with E-state index in [1.807, 2.05) is 23.2 Å². The Labute approximate surface area is 119 Å². The summed E-state index contributed by atoms with van der Waals surface area (Å²) in [5.41, 5.74) is 0.992. The maximum absolute atomic E-state index is 12.9. The number of amides is 1. The van der Waals surface area contributed by atoms with Crippen LogP contribution in [-0.4, -0.2) is 60.1 Å². The lowest BCUT2D eigenvalue weighted by atomic mass is 10.1. The molecule has 0 N–H and O–H groups in total. The van der Waals surface area contributed by atoms with Crippen molar-refractivity contribution in [1.29, 1.82) is 0 Å². The Kier molecular flexibility index (Phi) is 4.28. The van der Waals surface area contributed by atoms with Gasteiger partial charge in [-0.05, 0) is 24.5 Å². The van der Waals surface area contributed by atoms with E-state index in [2.05, 4.69) is 9.88 Å². The second-order valence-electron chi connectivity index (χ2n) is 5.37. The van der Waals surface area contributed by atoms with Gasteiger partial charge in [-0.3, -0.25) is 14.7 Å². The molecule has 5 heteroatoms. The van der Waals surface area contributed by atoms with Crippen LogP contribution in [0.4, 0.5) is 0 Å². The van der Waals surface area contributed by atoms with Crippen molar-refractivity contribution in [1.82, 2.24) is 14.8 Å². The Morgan fingerprint density at radius 2 is 1.95 bits per heavy atom. The molecule has 5 nitrogen and oxygen atoms in total. The number of hydrogen-bond donors (Lipinski definition) is 0. The van der Waals surface area contributed by atoms with Crippen LogP contribution >= 0.6 is 0 Å². The highest BCUT2D eigenvalue weighted by molar-refractivity contribution is 5.83. The zero-order chi connectivity index (χ0) is 13.8. The number of likely N-dealkylation sites (tertiary alicyclic amines) is 1. The third-order valence-corrected chi connectivity index (χ3v) is 4.06. The molecule has 1 amide bonds. The van der Waals surface area contributed by atoms with Crippen molar-refractivity contribution in [2.45, 2.75) is 18.9 Å². The highest BCUT2D eigenvalue weighted by Crippen LogP contribution is 2.25. The second-order valence-corrected chi connectivity index (χ2v) is 5.37. The first-order chi connectivity index (χ1) is 9.86. The third kappa shape index (κ3) is 2.83. The van der Waals surface area contributed by atoms with E-state index < -0.39 is 0 Å². The van der Waals surface area contributed by atoms with Gasteiger partial charge < -0.3 is 9.64 Å². The van der Waals surface area contributed by atoms with E-state index in [1.165, 1.54) is 0 Å². The number of rotatable bonds is 3. The highest BCUT2D eigenvalue weighted by atomic mass is 16.5. The molecule has 2 aliphatic heterocycles. The van der Waals surface area contributed by atoms with E-state index in [-0.39, 0.29) is 11.9 Å². The van der Waals surface area contributed by atoms with Crippen molar-refractivity contribution in [2.75, 3.05) is 39.4 Å². The number of hydrogen-bond acceptors (Lipinski definition) is 4. The van der Waals surface area contributed by atoms with Gasteiger partial charge in [0, 0.05) is 38.6 Å². The molecule has 3 rings (SSSR count). The average molecular weight is 275 g/mol. The summed E-state index contributed by atoms with van der Waals surface area (Å²) in [4.78, 5) is 21.3. The van der Waals surface area contributed by atoms with E-state index >= 15 is 0 Å². The van der Waals surface area contributed by atoms with Crippen LogP contribution in [0.2, 0.25) is 0 Å². The molecule has 0 bridgehead atoms. The van der Waals surface area contributed by atoms with Crippen LogP contribution in [0.1, 0.15) is 24.4 Å². The highest BCUT2D eigenvalue weighted by Gasteiger charge is 2.33. The molecule has 0 aliphatic carbocycles. The monoisotopic (exact) mass is 275 g/mol. The van der Waals surface area contributed by atoms with Gasteiger partial charge in [0.2, 0.25) is 5.91 Å². The van der Waals surface area contributed by atoms with E-state index in [4.69, 9.17) is 4.74 Å². The Balaban J connectivity index is 1.84. The van der Waals surface area contributed by atoms with Gasteiger partial charge in [0.1, 0.15) is 6.04 Å². The largest absolute Gasteiger partial charge is 0.379 e. The topological polar surface area (TPSA) is 45.7 Å². The van der Waals surface area contributed by atoms with Gasteiger partial charge in [-0.2, -0.15) is 0 Å². The summed E-state index contributed by atoms with van der Waals surface area (Å²) < 4.78 is 5.41. The van der Waals surface area contributed by atoms with E-state index in [1.54, 1.807) is 6.20 Å². The maximum Gasteiger partial charge on any atom is 0.244 e. The normalized spacial score (nSPS) is 21.9. The summed E-state index contributed by atoms with van der Waals surface area (Å²) in [6.07, 6.45) is 5.80. The lowest BCUT2D eigenvalue weighted by Gasteiger charge is -2.35. The van der Waals surface area contributed by atoms with Crippen LogP contribution in [0.25, 0.3) is 0 Å². The number of morpholine rings is 1. The van der Waals surface area contributed by atoms with Crippen molar-refractivity contribution < 1.29 is 9.53 Å². The number of nitrogens with zero attached hydrogens (tertiary/aromatic N) is 3. The number of carbonyl (C=O) groups is 1. The lowest BCUT2D eigenvalue weighted by molar-refractivity contribution is -0.138. The molecule has 2 aliphatic rings. The maximum atomic E-state index is 12.9. The molecular formula is C15H21N3O2. The Bertz CT molecular complexity index is 440. The van der Waals surface area contributed by atoms with Crippen LogP contribution in [-0.2, 0) is 9.53 Å². The van der Waals surface area contributed by atoms with Gasteiger partial charge in [0.25, 0.3) is 0 Å². The summed E-state index contributed by atoms with van der Waals surface area (Å²) in [7, 11) is 0. The summed E-state index contributed by atoms with van der Waals surface area (Å²) >= 11 is 0. The molecule has 108 valence electrons. The SMILES string of the molecule is O=C([C@H](c1cccnc1)N1CCOCC1)N1CCCC1. The third-order valence-electron chi connectivity index (χ3n) is 4.06. The first kappa shape index (κ1) is 13.5. The van der Waals surface area contributed by atoms with Crippen LogP contribution in [0.15, 0.2) is 24.5 Å². The van der Waals surface area contributed by atoms with Gasteiger partial charge in [-0.1, -0.05) is 6.07 Å². The minimum absolute atomic E-state index is 0.203. The number of aromatic nitrogens is 1. The van der Waals surface area contributed by atoms with E-state index in [9.17, 15) is 4.79 Å². The number of ether oxygens (including phenoxy) is 1. The molecule has 2 saturated heterocycles. The Morgan fingerprint density at radius 1 is 1.20 bits per heavy atom. The smallest absolute Gasteiger partial charge is 0.244 e. The molecule has 2 fully saturated rings. The summed E-state index contributed by atoms with van der Waals surface area (Å²) in [5, 5.41) is 0. The van der Waals surface area contributed by atoms with Crippen LogP contribution < -0.4 is 0 Å². The molecule has 1 aromatic heterocycles. The minimum Gasteiger partial charge on any atom is -0.379 e. The van der Waals surface area contributed by atoms with Crippen molar-refractivity contribution in [3.63, 3.8) is 0 Å². The quantitative estimate of drug-likeness (QED) is 0.828. The van der Waals surface area contributed by atoms with Gasteiger partial charge in [-0.25, -0.2) is 0 Å². The molecule has 1 aromatic rings. The van der Waals surface area contributed by atoms with E-state index in [0.717, 1.165) is 44.6 Å². The van der Waals surface area contributed by atoms with Crippen molar-refractivity contribution in [3.05, 3.63) is 30.1 Å². The van der Waals surface area contributed by atoms with Crippen LogP contribution in [0, 0.1) is 0 Å². The Morgan fingerprint density at radius 3 is 2.60 bits per heavy atom. The molecular weight excluding hydrogens is 254 g/mol. The predicted molar refractivity (Wildman–Crippen MR) is 75.2 cm³/mol. The molecule has 0 unspecified atom stereocenters. The molecule has 3 heterocycles. The van der Waals surface area contributed by atoms with E-state index in [0.29, 0.717) is 13.2 Å². The average Bonchev–Trinajstić information content (AvgIpc) is 3.04. The van der Waals surface area contributed by atoms with Gasteiger partial charge in [-0.15, -0.1) is 0 Å². The summed E-state index contributed by atoms with van der Waals surface area (Å²) in [6.45, 7) is 4.78. The number of pyridine rings is 1. The predicted octanol–water partition coefficient (Wildman–Crippen LogP) is 1.08. The summed E-state index contributed by atoms with van der Waals surface area (Å²) in [5.74, 6) is 0.220. The molecule has 0 spiro atoms. The fourth-order valence-electron chi connectivity index (χ4n) is 2.99. The molecule has 20 heavy (non-hydrogen) atoms. The minimum atomic E-state index is -0.203. The molecule has 0 aromatic carbocycles. The first-order valence-corrected chi connectivity index (χ1v) is 7.37. The number of carbonyl (C=O) groups excluding carboxylic acids is 1. The second kappa shape index (κ2) is 6.33. The van der Waals surface area contributed by atoms with Crippen molar-refractivity contribution in [2.24, 2.45) is 0 Å². The van der Waals surface area contributed by atoms with Gasteiger partial charge in [0.05, 0.1) is 13.2 Å². The molecule has 0 saturated carbocycles. The molecule has 1 atom stereocenters. The Hall–Kier alpha value is -1.46. The van der Waals surface area contributed by atoms with Crippen molar-refractivity contribution in [3.8, 4) is 0 Å². The van der Waals surface area contributed by atoms with Crippen molar-refractivity contribution >= 4 is 5.91 Å². The fraction of sp³-hybridized carbons (Fsp3) is 0.600.